The Balaban J connectivity index is 2.67. The smallest absolute Gasteiger partial charge is 0.259 e. The summed E-state index contributed by atoms with van der Waals surface area (Å²) in [6, 6.07) is 0. The molecule has 2 aromatic heterocycles. The van der Waals surface area contributed by atoms with E-state index in [4.69, 9.17) is 0 Å². The van der Waals surface area contributed by atoms with Gasteiger partial charge in [0.25, 0.3) is 0 Å². The van der Waals surface area contributed by atoms with Gasteiger partial charge >= 0.3 is 5.69 Å². The maximum absolute atomic E-state index is 11.5. The molecule has 6 heteroatoms. The van der Waals surface area contributed by atoms with Crippen molar-refractivity contribution in [1.82, 2.24) is 19.2 Å². The van der Waals surface area contributed by atoms with E-state index in [1.165, 1.54) is 9.08 Å². The van der Waals surface area contributed by atoms with Gasteiger partial charge in [-0.1, -0.05) is 0 Å². The van der Waals surface area contributed by atoms with Crippen molar-refractivity contribution in [1.29, 1.82) is 0 Å². The van der Waals surface area contributed by atoms with E-state index in [2.05, 4.69) is 22.7 Å². The van der Waals surface area contributed by atoms with Gasteiger partial charge in [-0.2, -0.15) is 12.6 Å². The van der Waals surface area contributed by atoms with Crippen LogP contribution in [0, 0.1) is 0 Å². The van der Waals surface area contributed by atoms with Crippen LogP contribution in [0.3, 0.4) is 0 Å². The highest BCUT2D eigenvalue weighted by molar-refractivity contribution is 7.80. The van der Waals surface area contributed by atoms with Gasteiger partial charge in [-0.15, -0.1) is 5.10 Å². The van der Waals surface area contributed by atoms with Crippen LogP contribution in [0.4, 0.5) is 0 Å². The van der Waals surface area contributed by atoms with E-state index in [1.54, 1.807) is 18.6 Å². The van der Waals surface area contributed by atoms with Crippen LogP contribution in [0.5, 0.6) is 0 Å². The van der Waals surface area contributed by atoms with E-state index in [0.29, 0.717) is 17.9 Å². The molecule has 0 bridgehead atoms. The Morgan fingerprint density at radius 3 is 3.08 bits per heavy atom. The van der Waals surface area contributed by atoms with Crippen molar-refractivity contribution >= 4 is 18.3 Å². The summed E-state index contributed by atoms with van der Waals surface area (Å²) < 4.78 is 2.83. The molecule has 13 heavy (non-hydrogen) atoms. The molecule has 0 unspecified atom stereocenters. The van der Waals surface area contributed by atoms with Gasteiger partial charge in [-0.3, -0.25) is 4.98 Å². The molecule has 0 radical (unpaired) electrons. The first-order valence-electron chi connectivity index (χ1n) is 3.83. The van der Waals surface area contributed by atoms with Crippen LogP contribution in [-0.2, 0) is 6.54 Å². The highest BCUT2D eigenvalue weighted by atomic mass is 32.1. The second kappa shape index (κ2) is 3.21. The van der Waals surface area contributed by atoms with Crippen molar-refractivity contribution in [3.05, 3.63) is 29.1 Å². The predicted octanol–water partition coefficient (Wildman–Crippen LogP) is -0.179. The van der Waals surface area contributed by atoms with Gasteiger partial charge in [-0.25, -0.2) is 13.9 Å². The van der Waals surface area contributed by atoms with E-state index in [0.717, 1.165) is 0 Å². The molecule has 0 saturated heterocycles. The fraction of sp³-hybridized carbons (Fsp3) is 0.286. The van der Waals surface area contributed by atoms with Crippen molar-refractivity contribution in [3.63, 3.8) is 0 Å². The fourth-order valence-corrected chi connectivity index (χ4v) is 1.31. The fourth-order valence-electron chi connectivity index (χ4n) is 1.12. The normalized spacial score (nSPS) is 10.8. The molecule has 0 aliphatic carbocycles. The molecule has 0 aromatic carbocycles. The molecule has 5 nitrogen and oxygen atoms in total. The molecule has 0 aliphatic heterocycles. The summed E-state index contributed by atoms with van der Waals surface area (Å²) in [7, 11) is 0. The van der Waals surface area contributed by atoms with Crippen LogP contribution in [-0.4, -0.2) is 24.9 Å². The predicted molar refractivity (Wildman–Crippen MR) is 51.1 cm³/mol. The van der Waals surface area contributed by atoms with Gasteiger partial charge in [0.15, 0.2) is 5.65 Å². The summed E-state index contributed by atoms with van der Waals surface area (Å²) >= 11 is 4.04. The van der Waals surface area contributed by atoms with Gasteiger partial charge in [0.05, 0.1) is 12.7 Å². The molecule has 0 N–H and O–H groups in total. The minimum atomic E-state index is -0.147. The van der Waals surface area contributed by atoms with Crippen molar-refractivity contribution < 1.29 is 0 Å². The summed E-state index contributed by atoms with van der Waals surface area (Å²) in [5.41, 5.74) is 0.417. The largest absolute Gasteiger partial charge is 0.350 e. The lowest BCUT2D eigenvalue weighted by Crippen LogP contribution is -2.21. The number of hydrogen-bond acceptors (Lipinski definition) is 4. The topological polar surface area (TPSA) is 52.2 Å². The van der Waals surface area contributed by atoms with E-state index >= 15 is 0 Å². The zero-order valence-corrected chi connectivity index (χ0v) is 7.69. The standard InChI is InChI=1S/C7H8N4OS/c12-7-10-2-1-8-5-6(10)9-11(7)3-4-13/h1-2,5,13H,3-4H2. The molecular formula is C7H8N4OS. The number of fused-ring (bicyclic) bond motifs is 1. The highest BCUT2D eigenvalue weighted by Crippen LogP contribution is 1.91. The Hall–Kier alpha value is -1.30. The second-order valence-corrected chi connectivity index (χ2v) is 2.98. The van der Waals surface area contributed by atoms with Gasteiger partial charge in [0.2, 0.25) is 0 Å². The SMILES string of the molecule is O=c1n(CCS)nc2cnccn12. The van der Waals surface area contributed by atoms with Crippen LogP contribution in [0.15, 0.2) is 23.4 Å². The average Bonchev–Trinajstić information content (AvgIpc) is 2.46. The summed E-state index contributed by atoms with van der Waals surface area (Å²) in [5.74, 6) is 0.594. The molecule has 2 aromatic rings. The molecule has 0 amide bonds. The number of hydrogen-bond donors (Lipinski definition) is 1. The summed E-state index contributed by atoms with van der Waals surface area (Å²) in [6.07, 6.45) is 4.71. The minimum Gasteiger partial charge on any atom is -0.259 e. The van der Waals surface area contributed by atoms with E-state index < -0.39 is 0 Å². The third-order valence-electron chi connectivity index (χ3n) is 1.70. The van der Waals surface area contributed by atoms with Crippen molar-refractivity contribution in [2.24, 2.45) is 0 Å². The summed E-state index contributed by atoms with van der Waals surface area (Å²) in [4.78, 5) is 15.4. The third kappa shape index (κ3) is 1.33. The number of nitrogens with zero attached hydrogens (tertiary/aromatic N) is 4. The van der Waals surface area contributed by atoms with Crippen LogP contribution < -0.4 is 5.69 Å². The van der Waals surface area contributed by atoms with E-state index in [9.17, 15) is 4.79 Å². The van der Waals surface area contributed by atoms with Crippen molar-refractivity contribution in [2.75, 3.05) is 5.75 Å². The lowest BCUT2D eigenvalue weighted by molar-refractivity contribution is 0.640. The Morgan fingerprint density at radius 2 is 2.38 bits per heavy atom. The number of aromatic nitrogens is 4. The molecule has 2 rings (SSSR count). The van der Waals surface area contributed by atoms with Crippen LogP contribution in [0.2, 0.25) is 0 Å². The van der Waals surface area contributed by atoms with E-state index in [-0.39, 0.29) is 5.69 Å². The Morgan fingerprint density at radius 1 is 1.54 bits per heavy atom. The van der Waals surface area contributed by atoms with Crippen molar-refractivity contribution in [2.45, 2.75) is 6.54 Å². The molecule has 0 saturated carbocycles. The number of aryl methyl sites for hydroxylation is 1. The second-order valence-electron chi connectivity index (χ2n) is 2.53. The molecule has 68 valence electrons. The summed E-state index contributed by atoms with van der Waals surface area (Å²) in [5, 5.41) is 4.06. The average molecular weight is 196 g/mol. The lowest BCUT2D eigenvalue weighted by Gasteiger charge is -1.90. The number of rotatable bonds is 2. The lowest BCUT2D eigenvalue weighted by atomic mass is 10.7. The first-order valence-corrected chi connectivity index (χ1v) is 4.46. The third-order valence-corrected chi connectivity index (χ3v) is 1.90. The first kappa shape index (κ1) is 8.31. The maximum Gasteiger partial charge on any atom is 0.350 e. The van der Waals surface area contributed by atoms with E-state index in [1.807, 2.05) is 0 Å². The highest BCUT2D eigenvalue weighted by Gasteiger charge is 2.03. The summed E-state index contributed by atoms with van der Waals surface area (Å²) in [6.45, 7) is 0.517. The first-order chi connectivity index (χ1) is 6.33. The molecular weight excluding hydrogens is 188 g/mol. The molecule has 0 aliphatic rings. The van der Waals surface area contributed by atoms with Crippen LogP contribution in [0.1, 0.15) is 0 Å². The Bertz CT molecular complexity index is 475. The number of thiol groups is 1. The van der Waals surface area contributed by atoms with Crippen molar-refractivity contribution in [3.8, 4) is 0 Å². The zero-order chi connectivity index (χ0) is 9.26. The van der Waals surface area contributed by atoms with Gasteiger partial charge in [-0.05, 0) is 0 Å². The molecule has 0 atom stereocenters. The zero-order valence-electron chi connectivity index (χ0n) is 6.79. The van der Waals surface area contributed by atoms with Gasteiger partial charge in [0, 0.05) is 18.1 Å². The minimum absolute atomic E-state index is 0.147. The van der Waals surface area contributed by atoms with Crippen LogP contribution in [0.25, 0.3) is 5.65 Å². The monoisotopic (exact) mass is 196 g/mol. The molecule has 0 fully saturated rings. The van der Waals surface area contributed by atoms with Gasteiger partial charge < -0.3 is 0 Å². The Labute approximate surface area is 79.4 Å². The maximum atomic E-state index is 11.5. The van der Waals surface area contributed by atoms with Gasteiger partial charge in [0.1, 0.15) is 0 Å². The quantitative estimate of drug-likeness (QED) is 0.678. The molecule has 0 spiro atoms. The van der Waals surface area contributed by atoms with Crippen LogP contribution >= 0.6 is 12.6 Å². The Kier molecular flexibility index (Phi) is 2.05. The molecule has 2 heterocycles.